The van der Waals surface area contributed by atoms with Crippen LogP contribution in [0.3, 0.4) is 0 Å². The summed E-state index contributed by atoms with van der Waals surface area (Å²) in [5, 5.41) is 0.792. The monoisotopic (exact) mass is 358 g/mol. The fourth-order valence-electron chi connectivity index (χ4n) is 1.29. The van der Waals surface area contributed by atoms with Crippen LogP contribution in [0.5, 0.6) is 0 Å². The van der Waals surface area contributed by atoms with Gasteiger partial charge in [0.2, 0.25) is 0 Å². The Balaban J connectivity index is 2.87. The lowest BCUT2D eigenvalue weighted by molar-refractivity contribution is 0.160. The highest BCUT2D eigenvalue weighted by molar-refractivity contribution is 7.48. The van der Waals surface area contributed by atoms with Gasteiger partial charge in [-0.2, -0.15) is 0 Å². The van der Waals surface area contributed by atoms with Crippen LogP contribution in [0.1, 0.15) is 12.5 Å². The minimum absolute atomic E-state index is 0.0282. The molecule has 112 valence electrons. The molecule has 0 fully saturated rings. The van der Waals surface area contributed by atoms with Crippen molar-refractivity contribution in [3.8, 4) is 0 Å². The predicted octanol–water partition coefficient (Wildman–Crippen LogP) is 5.38. The maximum absolute atomic E-state index is 12.3. The Kier molecular flexibility index (Phi) is 7.38. The van der Waals surface area contributed by atoms with Crippen molar-refractivity contribution in [2.75, 3.05) is 19.1 Å². The molecule has 0 N–H and O–H groups in total. The maximum Gasteiger partial charge on any atom is 0.530 e. The number of phosphoric ester groups is 1. The normalized spacial score (nSPS) is 13.8. The molecular weight excluding hydrogens is 345 g/mol. The van der Waals surface area contributed by atoms with Crippen molar-refractivity contribution in [3.63, 3.8) is 0 Å². The molecule has 0 aliphatic carbocycles. The van der Waals surface area contributed by atoms with E-state index in [1.165, 1.54) is 6.07 Å². The van der Waals surface area contributed by atoms with Crippen LogP contribution in [-0.2, 0) is 18.1 Å². The van der Waals surface area contributed by atoms with Crippen molar-refractivity contribution >= 4 is 48.4 Å². The SMILES string of the molecule is C=C(OP(=O)(OCC)OCCCl)c1ccc(Cl)cc1Cl. The quantitative estimate of drug-likeness (QED) is 0.355. The summed E-state index contributed by atoms with van der Waals surface area (Å²) in [5.74, 6) is 0.229. The topological polar surface area (TPSA) is 44.8 Å². The molecule has 20 heavy (non-hydrogen) atoms. The predicted molar refractivity (Wildman–Crippen MR) is 82.5 cm³/mol. The fraction of sp³-hybridized carbons (Fsp3) is 0.333. The maximum atomic E-state index is 12.3. The molecule has 1 unspecified atom stereocenters. The molecule has 1 rings (SSSR count). The smallest absolute Gasteiger partial charge is 0.404 e. The summed E-state index contributed by atoms with van der Waals surface area (Å²) in [6, 6.07) is 4.74. The van der Waals surface area contributed by atoms with Crippen LogP contribution >= 0.6 is 42.6 Å². The lowest BCUT2D eigenvalue weighted by atomic mass is 10.2. The molecular formula is C12H14Cl3O4P. The van der Waals surface area contributed by atoms with Crippen molar-refractivity contribution in [1.82, 2.24) is 0 Å². The molecule has 1 aromatic carbocycles. The highest BCUT2D eigenvalue weighted by atomic mass is 35.5. The largest absolute Gasteiger partial charge is 0.530 e. The Hall–Kier alpha value is -0.220. The summed E-state index contributed by atoms with van der Waals surface area (Å²) in [6.07, 6.45) is 0. The van der Waals surface area contributed by atoms with E-state index in [0.29, 0.717) is 15.6 Å². The molecule has 1 aromatic rings. The molecule has 0 amide bonds. The summed E-state index contributed by atoms with van der Waals surface area (Å²) >= 11 is 17.3. The highest BCUT2D eigenvalue weighted by Gasteiger charge is 2.29. The molecule has 4 nitrogen and oxygen atoms in total. The van der Waals surface area contributed by atoms with E-state index in [0.717, 1.165) is 0 Å². The zero-order valence-electron chi connectivity index (χ0n) is 10.8. The van der Waals surface area contributed by atoms with E-state index in [9.17, 15) is 4.57 Å². The average Bonchev–Trinajstić information content (AvgIpc) is 2.36. The molecule has 0 spiro atoms. The van der Waals surface area contributed by atoms with Gasteiger partial charge in [0.15, 0.2) is 0 Å². The average molecular weight is 360 g/mol. The third kappa shape index (κ3) is 5.28. The molecule has 1 atom stereocenters. The molecule has 0 aromatic heterocycles. The van der Waals surface area contributed by atoms with Crippen molar-refractivity contribution in [2.45, 2.75) is 6.92 Å². The van der Waals surface area contributed by atoms with E-state index in [4.69, 9.17) is 48.4 Å². The molecule has 0 saturated heterocycles. The first-order chi connectivity index (χ1) is 9.41. The van der Waals surface area contributed by atoms with Crippen LogP contribution in [0, 0.1) is 0 Å². The Labute approximate surface area is 133 Å². The number of hydrogen-bond acceptors (Lipinski definition) is 4. The summed E-state index contributed by atoms with van der Waals surface area (Å²) in [4.78, 5) is 0. The zero-order valence-corrected chi connectivity index (χ0v) is 13.9. The van der Waals surface area contributed by atoms with Crippen LogP contribution in [0.4, 0.5) is 0 Å². The lowest BCUT2D eigenvalue weighted by Crippen LogP contribution is -2.02. The molecule has 0 heterocycles. The summed E-state index contributed by atoms with van der Waals surface area (Å²) in [5.41, 5.74) is 0.450. The summed E-state index contributed by atoms with van der Waals surface area (Å²) in [6.45, 7) is 5.52. The zero-order chi connectivity index (χ0) is 15.2. The second kappa shape index (κ2) is 8.28. The van der Waals surface area contributed by atoms with E-state index < -0.39 is 7.82 Å². The van der Waals surface area contributed by atoms with Crippen LogP contribution < -0.4 is 0 Å². The van der Waals surface area contributed by atoms with Crippen molar-refractivity contribution in [2.24, 2.45) is 0 Å². The van der Waals surface area contributed by atoms with E-state index in [1.807, 2.05) is 0 Å². The van der Waals surface area contributed by atoms with Gasteiger partial charge in [-0.15, -0.1) is 11.6 Å². The highest BCUT2D eigenvalue weighted by Crippen LogP contribution is 2.53. The van der Waals surface area contributed by atoms with Crippen LogP contribution in [0.25, 0.3) is 5.76 Å². The summed E-state index contributed by atoms with van der Waals surface area (Å²) < 4.78 is 27.5. The van der Waals surface area contributed by atoms with Gasteiger partial charge in [-0.25, -0.2) is 4.57 Å². The van der Waals surface area contributed by atoms with Crippen LogP contribution in [-0.4, -0.2) is 19.1 Å². The van der Waals surface area contributed by atoms with E-state index in [1.54, 1.807) is 19.1 Å². The standard InChI is InChI=1S/C12H14Cl3O4P/c1-3-17-20(16,18-7-6-13)19-9(2)11-5-4-10(14)8-12(11)15/h4-5,8H,2-3,6-7H2,1H3. The molecule has 0 bridgehead atoms. The second-order valence-corrected chi connectivity index (χ2v) is 6.34. The molecule has 0 aliphatic rings. The Bertz CT molecular complexity index is 521. The fourth-order valence-corrected chi connectivity index (χ4v) is 3.17. The van der Waals surface area contributed by atoms with Crippen molar-refractivity contribution < 1.29 is 18.1 Å². The van der Waals surface area contributed by atoms with Gasteiger partial charge in [0.25, 0.3) is 0 Å². The van der Waals surface area contributed by atoms with Gasteiger partial charge in [-0.05, 0) is 25.1 Å². The van der Waals surface area contributed by atoms with E-state index in [-0.39, 0.29) is 24.9 Å². The molecule has 8 heteroatoms. The number of hydrogen-bond donors (Lipinski definition) is 0. The second-order valence-electron chi connectivity index (χ2n) is 3.53. The van der Waals surface area contributed by atoms with E-state index in [2.05, 4.69) is 6.58 Å². The number of halogens is 3. The van der Waals surface area contributed by atoms with Gasteiger partial charge in [0.1, 0.15) is 5.76 Å². The molecule has 0 radical (unpaired) electrons. The third-order valence-corrected chi connectivity index (χ3v) is 4.29. The Morgan fingerprint density at radius 1 is 1.35 bits per heavy atom. The van der Waals surface area contributed by atoms with Crippen molar-refractivity contribution in [1.29, 1.82) is 0 Å². The van der Waals surface area contributed by atoms with Crippen LogP contribution in [0.15, 0.2) is 24.8 Å². The lowest BCUT2D eigenvalue weighted by Gasteiger charge is -2.19. The van der Waals surface area contributed by atoms with Crippen molar-refractivity contribution in [3.05, 3.63) is 40.4 Å². The number of rotatable bonds is 8. The first-order valence-corrected chi connectivity index (χ1v) is 8.46. The van der Waals surface area contributed by atoms with Gasteiger partial charge < -0.3 is 4.52 Å². The minimum Gasteiger partial charge on any atom is -0.404 e. The number of alkyl halides is 1. The van der Waals surface area contributed by atoms with Gasteiger partial charge >= 0.3 is 7.82 Å². The van der Waals surface area contributed by atoms with Gasteiger partial charge in [0, 0.05) is 16.5 Å². The first kappa shape index (κ1) is 17.8. The molecule has 0 saturated carbocycles. The van der Waals surface area contributed by atoms with Gasteiger partial charge in [-0.3, -0.25) is 9.05 Å². The number of benzene rings is 1. The summed E-state index contributed by atoms with van der Waals surface area (Å²) in [7, 11) is -3.76. The first-order valence-electron chi connectivity index (χ1n) is 5.71. The minimum atomic E-state index is -3.76. The number of phosphoric acid groups is 1. The Morgan fingerprint density at radius 2 is 2.05 bits per heavy atom. The molecule has 0 aliphatic heterocycles. The van der Waals surface area contributed by atoms with Gasteiger partial charge in [0.05, 0.1) is 18.2 Å². The Morgan fingerprint density at radius 3 is 2.60 bits per heavy atom. The third-order valence-electron chi connectivity index (χ3n) is 2.07. The van der Waals surface area contributed by atoms with Gasteiger partial charge in [-0.1, -0.05) is 29.8 Å². The van der Waals surface area contributed by atoms with E-state index >= 15 is 0 Å². The van der Waals surface area contributed by atoms with Crippen LogP contribution in [0.2, 0.25) is 10.0 Å².